The van der Waals surface area contributed by atoms with Gasteiger partial charge in [-0.05, 0) is 43.2 Å². The molecule has 0 bridgehead atoms. The summed E-state index contributed by atoms with van der Waals surface area (Å²) in [4.78, 5) is 25.5. The van der Waals surface area contributed by atoms with Crippen molar-refractivity contribution in [3.05, 3.63) is 70.0 Å². The van der Waals surface area contributed by atoms with E-state index in [2.05, 4.69) is 15.5 Å². The molecule has 1 aliphatic carbocycles. The van der Waals surface area contributed by atoms with Gasteiger partial charge in [-0.1, -0.05) is 0 Å². The van der Waals surface area contributed by atoms with Crippen LogP contribution in [0.1, 0.15) is 30.0 Å². The number of ether oxygens (including phenoxy) is 2. The van der Waals surface area contributed by atoms with Crippen LogP contribution in [0.15, 0.2) is 57.7 Å². The molecule has 0 atom stereocenters. The first kappa shape index (κ1) is 20.8. The number of carbonyl (C=O) groups is 1. The van der Waals surface area contributed by atoms with Crippen LogP contribution in [0.25, 0.3) is 22.3 Å². The average molecular weight is 445 g/mol. The van der Waals surface area contributed by atoms with Crippen molar-refractivity contribution in [2.75, 3.05) is 19.5 Å². The molecule has 0 radical (unpaired) electrons. The minimum absolute atomic E-state index is 0.0321. The van der Waals surface area contributed by atoms with Crippen LogP contribution in [-0.2, 0) is 11.2 Å². The van der Waals surface area contributed by atoms with Gasteiger partial charge >= 0.3 is 0 Å². The van der Waals surface area contributed by atoms with Crippen molar-refractivity contribution in [1.29, 1.82) is 0 Å². The largest absolute Gasteiger partial charge is 0.497 e. The third-order valence-corrected chi connectivity index (χ3v) is 5.74. The maximum Gasteiger partial charge on any atom is 0.230 e. The first-order valence-electron chi connectivity index (χ1n) is 10.7. The van der Waals surface area contributed by atoms with Gasteiger partial charge in [0.25, 0.3) is 0 Å². The molecule has 0 unspecified atom stereocenters. The van der Waals surface area contributed by atoms with Gasteiger partial charge in [-0.3, -0.25) is 14.7 Å². The van der Waals surface area contributed by atoms with E-state index in [-0.39, 0.29) is 17.8 Å². The Hall–Kier alpha value is -4.07. The molecule has 33 heavy (non-hydrogen) atoms. The number of anilines is 1. The Bertz CT molecular complexity index is 1380. The standard InChI is InChI=1S/C25H23N3O5/c1-31-17-7-5-15(6-8-17)22-12-20(29)18-9-16(21(32-2)13-23(18)33-22)10-25(30)26-24-11-19(27-28-24)14-3-4-14/h5-9,11-14H,3-4,10H2,1-2H3,(H2,26,27,28,30). The number of aromatic amines is 1. The lowest BCUT2D eigenvalue weighted by Crippen LogP contribution is -2.15. The van der Waals surface area contributed by atoms with Crippen LogP contribution in [0.4, 0.5) is 5.82 Å². The summed E-state index contributed by atoms with van der Waals surface area (Å²) >= 11 is 0. The summed E-state index contributed by atoms with van der Waals surface area (Å²) in [5, 5.41) is 10.3. The van der Waals surface area contributed by atoms with Crippen LogP contribution in [0.3, 0.4) is 0 Å². The van der Waals surface area contributed by atoms with Crippen molar-refractivity contribution in [3.8, 4) is 22.8 Å². The number of rotatable bonds is 7. The summed E-state index contributed by atoms with van der Waals surface area (Å²) in [7, 11) is 3.11. The molecule has 5 rings (SSSR count). The molecule has 2 aromatic carbocycles. The van der Waals surface area contributed by atoms with Gasteiger partial charge in [0.05, 0.1) is 26.0 Å². The quantitative estimate of drug-likeness (QED) is 0.440. The maximum atomic E-state index is 12.9. The maximum absolute atomic E-state index is 12.9. The molecule has 0 aliphatic heterocycles. The molecule has 1 amide bonds. The zero-order chi connectivity index (χ0) is 22.9. The van der Waals surface area contributed by atoms with Gasteiger partial charge in [-0.25, -0.2) is 0 Å². The Kier molecular flexibility index (Phi) is 5.34. The number of methoxy groups -OCH3 is 2. The topological polar surface area (TPSA) is 106 Å². The van der Waals surface area contributed by atoms with Crippen LogP contribution in [0.5, 0.6) is 11.5 Å². The molecule has 168 valence electrons. The van der Waals surface area contributed by atoms with Crippen molar-refractivity contribution < 1.29 is 18.7 Å². The first-order valence-corrected chi connectivity index (χ1v) is 10.7. The molecule has 1 saturated carbocycles. The van der Waals surface area contributed by atoms with Crippen LogP contribution in [0, 0.1) is 0 Å². The summed E-state index contributed by atoms with van der Waals surface area (Å²) in [6, 6.07) is 13.9. The second kappa shape index (κ2) is 8.46. The van der Waals surface area contributed by atoms with E-state index >= 15 is 0 Å². The number of fused-ring (bicyclic) bond motifs is 1. The minimum atomic E-state index is -0.249. The van der Waals surface area contributed by atoms with Gasteiger partial charge in [0, 0.05) is 40.9 Å². The molecule has 0 spiro atoms. The average Bonchev–Trinajstić information content (AvgIpc) is 3.58. The van der Waals surface area contributed by atoms with Crippen molar-refractivity contribution in [3.63, 3.8) is 0 Å². The van der Waals surface area contributed by atoms with Crippen LogP contribution in [-0.4, -0.2) is 30.3 Å². The zero-order valence-electron chi connectivity index (χ0n) is 18.3. The van der Waals surface area contributed by atoms with Crippen molar-refractivity contribution in [2.45, 2.75) is 25.2 Å². The predicted molar refractivity (Wildman–Crippen MR) is 124 cm³/mol. The van der Waals surface area contributed by atoms with E-state index in [4.69, 9.17) is 13.9 Å². The fraction of sp³-hybridized carbons (Fsp3) is 0.240. The van der Waals surface area contributed by atoms with Gasteiger partial charge in [-0.2, -0.15) is 5.10 Å². The number of carbonyl (C=O) groups excluding carboxylic acids is 1. The molecule has 8 nitrogen and oxygen atoms in total. The summed E-state index contributed by atoms with van der Waals surface area (Å²) in [6.07, 6.45) is 2.32. The fourth-order valence-corrected chi connectivity index (χ4v) is 3.82. The van der Waals surface area contributed by atoms with Gasteiger partial charge in [0.1, 0.15) is 22.8 Å². The SMILES string of the molecule is COc1ccc(-c2cc(=O)c3cc(CC(=O)Nc4cc(C5CC5)[nH]n4)c(OC)cc3o2)cc1. The first-order chi connectivity index (χ1) is 16.0. The lowest BCUT2D eigenvalue weighted by atomic mass is 10.1. The molecule has 8 heteroatoms. The van der Waals surface area contributed by atoms with Crippen LogP contribution >= 0.6 is 0 Å². The fourth-order valence-electron chi connectivity index (χ4n) is 3.82. The van der Waals surface area contributed by atoms with E-state index < -0.39 is 0 Å². The zero-order valence-corrected chi connectivity index (χ0v) is 18.3. The number of hydrogen-bond donors (Lipinski definition) is 2. The number of amides is 1. The monoisotopic (exact) mass is 445 g/mol. The van der Waals surface area contributed by atoms with Gasteiger partial charge < -0.3 is 19.2 Å². The number of nitrogens with one attached hydrogen (secondary N) is 2. The highest BCUT2D eigenvalue weighted by atomic mass is 16.5. The van der Waals surface area contributed by atoms with Crippen molar-refractivity contribution in [1.82, 2.24) is 10.2 Å². The highest BCUT2D eigenvalue weighted by Crippen LogP contribution is 2.39. The summed E-state index contributed by atoms with van der Waals surface area (Å²) in [6.45, 7) is 0. The molecule has 2 N–H and O–H groups in total. The number of benzene rings is 2. The Labute approximate surface area is 189 Å². The van der Waals surface area contributed by atoms with Gasteiger partial charge in [0.2, 0.25) is 5.91 Å². The smallest absolute Gasteiger partial charge is 0.230 e. The Morgan fingerprint density at radius 2 is 1.91 bits per heavy atom. The summed E-state index contributed by atoms with van der Waals surface area (Å²) < 4.78 is 16.7. The van der Waals surface area contributed by atoms with E-state index in [1.54, 1.807) is 31.4 Å². The van der Waals surface area contributed by atoms with E-state index in [1.807, 2.05) is 18.2 Å². The second-order valence-electron chi connectivity index (χ2n) is 8.07. The lowest BCUT2D eigenvalue weighted by molar-refractivity contribution is -0.115. The van der Waals surface area contributed by atoms with Gasteiger partial charge in [-0.15, -0.1) is 0 Å². The van der Waals surface area contributed by atoms with E-state index in [1.165, 1.54) is 13.2 Å². The Balaban J connectivity index is 1.42. The number of hydrogen-bond acceptors (Lipinski definition) is 6. The predicted octanol–water partition coefficient (Wildman–Crippen LogP) is 4.26. The molecule has 1 aliphatic rings. The summed E-state index contributed by atoms with van der Waals surface area (Å²) in [5.74, 6) is 2.38. The molecule has 2 heterocycles. The third kappa shape index (κ3) is 4.32. The highest BCUT2D eigenvalue weighted by molar-refractivity contribution is 5.93. The molecular formula is C25H23N3O5. The van der Waals surface area contributed by atoms with E-state index in [0.29, 0.717) is 45.5 Å². The Morgan fingerprint density at radius 1 is 1.12 bits per heavy atom. The Morgan fingerprint density at radius 3 is 2.61 bits per heavy atom. The molecule has 0 saturated heterocycles. The molecular weight excluding hydrogens is 422 g/mol. The van der Waals surface area contributed by atoms with Crippen molar-refractivity contribution >= 4 is 22.7 Å². The van der Waals surface area contributed by atoms with Gasteiger partial charge in [0.15, 0.2) is 11.2 Å². The normalized spacial score (nSPS) is 13.2. The van der Waals surface area contributed by atoms with Crippen LogP contribution in [0.2, 0.25) is 0 Å². The van der Waals surface area contributed by atoms with E-state index in [9.17, 15) is 9.59 Å². The second-order valence-corrected chi connectivity index (χ2v) is 8.07. The number of H-pyrrole nitrogens is 1. The van der Waals surface area contributed by atoms with E-state index in [0.717, 1.165) is 24.1 Å². The lowest BCUT2D eigenvalue weighted by Gasteiger charge is -2.11. The van der Waals surface area contributed by atoms with Crippen molar-refractivity contribution in [2.24, 2.45) is 0 Å². The summed E-state index contributed by atoms with van der Waals surface area (Å²) in [5.41, 5.74) is 2.56. The highest BCUT2D eigenvalue weighted by Gasteiger charge is 2.25. The minimum Gasteiger partial charge on any atom is -0.497 e. The van der Waals surface area contributed by atoms with Crippen LogP contribution < -0.4 is 20.2 Å². The molecule has 4 aromatic rings. The number of nitrogens with zero attached hydrogens (tertiary/aromatic N) is 1. The third-order valence-electron chi connectivity index (χ3n) is 5.74. The molecule has 2 aromatic heterocycles. The molecule has 1 fully saturated rings. The number of aromatic nitrogens is 2.